The summed E-state index contributed by atoms with van der Waals surface area (Å²) in [5.41, 5.74) is 6.38. The highest BCUT2D eigenvalue weighted by atomic mass is 16.5. The number of aromatic nitrogens is 2. The summed E-state index contributed by atoms with van der Waals surface area (Å²) < 4.78 is 8.87. The van der Waals surface area contributed by atoms with Crippen molar-refractivity contribution in [2.75, 3.05) is 0 Å². The van der Waals surface area contributed by atoms with Crippen molar-refractivity contribution in [3.63, 3.8) is 0 Å². The quantitative estimate of drug-likeness (QED) is 0.323. The van der Waals surface area contributed by atoms with Gasteiger partial charge in [0.2, 0.25) is 5.69 Å². The standard InChI is InChI=1S/C26H27N2O/c1-15-19-7-9-27-14-20(19)16(2)25-22(15)24-23-18(8-10-28(24)6)11-17(12-21(23)29-25)13-26(3,4)5/h7-12,14H,13H2,1-6H3/q+1. The fourth-order valence-electron chi connectivity index (χ4n) is 4.78. The van der Waals surface area contributed by atoms with E-state index in [0.29, 0.717) is 0 Å². The molecule has 0 bridgehead atoms. The first-order chi connectivity index (χ1) is 13.7. The lowest BCUT2D eigenvalue weighted by molar-refractivity contribution is -0.659. The fraction of sp³-hybridized carbons (Fsp3) is 0.308. The van der Waals surface area contributed by atoms with E-state index >= 15 is 0 Å². The summed E-state index contributed by atoms with van der Waals surface area (Å²) in [6.45, 7) is 11.2. The number of nitrogens with zero attached hydrogens (tertiary/aromatic N) is 2. The molecule has 0 saturated heterocycles. The largest absolute Gasteiger partial charge is 0.455 e. The van der Waals surface area contributed by atoms with E-state index in [1.165, 1.54) is 38.5 Å². The lowest BCUT2D eigenvalue weighted by atomic mass is 9.86. The third-order valence-corrected chi connectivity index (χ3v) is 6.01. The molecule has 0 atom stereocenters. The van der Waals surface area contributed by atoms with Crippen LogP contribution in [-0.2, 0) is 13.5 Å². The Morgan fingerprint density at radius 2 is 1.83 bits per heavy atom. The molecule has 0 saturated carbocycles. The summed E-state index contributed by atoms with van der Waals surface area (Å²) in [5.74, 6) is 1.93. The van der Waals surface area contributed by atoms with Crippen molar-refractivity contribution >= 4 is 21.5 Å². The Morgan fingerprint density at radius 3 is 2.59 bits per heavy atom. The molecule has 0 amide bonds. The second kappa shape index (κ2) is 6.03. The minimum absolute atomic E-state index is 0.226. The summed E-state index contributed by atoms with van der Waals surface area (Å²) in [5, 5.41) is 4.85. The van der Waals surface area contributed by atoms with Gasteiger partial charge in [0, 0.05) is 29.4 Å². The molecule has 0 N–H and O–H groups in total. The maximum atomic E-state index is 6.64. The van der Waals surface area contributed by atoms with Gasteiger partial charge in [0.1, 0.15) is 18.5 Å². The van der Waals surface area contributed by atoms with Gasteiger partial charge in [0.15, 0.2) is 6.20 Å². The van der Waals surface area contributed by atoms with E-state index in [9.17, 15) is 0 Å². The molecule has 4 aromatic rings. The van der Waals surface area contributed by atoms with Gasteiger partial charge in [-0.15, -0.1) is 0 Å². The first kappa shape index (κ1) is 18.1. The number of fused-ring (bicyclic) bond motifs is 3. The van der Waals surface area contributed by atoms with Crippen LogP contribution in [0.3, 0.4) is 0 Å². The van der Waals surface area contributed by atoms with Gasteiger partial charge in [0.25, 0.3) is 0 Å². The van der Waals surface area contributed by atoms with Gasteiger partial charge < -0.3 is 4.74 Å². The van der Waals surface area contributed by atoms with Crippen LogP contribution in [0.1, 0.15) is 37.5 Å². The molecular weight excluding hydrogens is 356 g/mol. The topological polar surface area (TPSA) is 26.0 Å². The minimum Gasteiger partial charge on any atom is -0.455 e. The van der Waals surface area contributed by atoms with E-state index in [1.807, 2.05) is 12.4 Å². The zero-order valence-electron chi connectivity index (χ0n) is 18.1. The summed E-state index contributed by atoms with van der Waals surface area (Å²) in [6.07, 6.45) is 7.01. The fourth-order valence-corrected chi connectivity index (χ4v) is 4.78. The number of hydrogen-bond donors (Lipinski definition) is 0. The number of aryl methyl sites for hydroxylation is 3. The molecule has 3 heteroatoms. The highest BCUT2D eigenvalue weighted by molar-refractivity contribution is 6.06. The predicted octanol–water partition coefficient (Wildman–Crippen LogP) is 6.19. The van der Waals surface area contributed by atoms with Crippen LogP contribution in [0.4, 0.5) is 0 Å². The summed E-state index contributed by atoms with van der Waals surface area (Å²) in [7, 11) is 2.13. The van der Waals surface area contributed by atoms with Gasteiger partial charge >= 0.3 is 0 Å². The number of rotatable bonds is 1. The highest BCUT2D eigenvalue weighted by Crippen LogP contribution is 2.50. The van der Waals surface area contributed by atoms with Crippen molar-refractivity contribution in [2.45, 2.75) is 41.0 Å². The Bertz CT molecular complexity index is 1310. The van der Waals surface area contributed by atoms with E-state index in [2.05, 4.69) is 81.7 Å². The Kier molecular flexibility index (Phi) is 3.76. The molecule has 29 heavy (non-hydrogen) atoms. The maximum absolute atomic E-state index is 6.64. The lowest BCUT2D eigenvalue weighted by Crippen LogP contribution is -2.32. The van der Waals surface area contributed by atoms with E-state index in [1.54, 1.807) is 0 Å². The molecule has 0 aliphatic carbocycles. The van der Waals surface area contributed by atoms with E-state index < -0.39 is 0 Å². The van der Waals surface area contributed by atoms with Crippen LogP contribution in [0.15, 0.2) is 42.9 Å². The third-order valence-electron chi connectivity index (χ3n) is 6.01. The monoisotopic (exact) mass is 383 g/mol. The molecule has 2 aromatic carbocycles. The van der Waals surface area contributed by atoms with Crippen molar-refractivity contribution in [1.29, 1.82) is 0 Å². The first-order valence-corrected chi connectivity index (χ1v) is 10.2. The second-order valence-electron chi connectivity index (χ2n) is 9.55. The summed E-state index contributed by atoms with van der Waals surface area (Å²) in [4.78, 5) is 4.36. The molecule has 0 spiro atoms. The molecule has 0 unspecified atom stereocenters. The van der Waals surface area contributed by atoms with Gasteiger partial charge in [-0.3, -0.25) is 4.98 Å². The second-order valence-corrected chi connectivity index (χ2v) is 9.55. The van der Waals surface area contributed by atoms with E-state index in [4.69, 9.17) is 4.74 Å². The van der Waals surface area contributed by atoms with Crippen molar-refractivity contribution in [2.24, 2.45) is 12.5 Å². The number of benzene rings is 2. The van der Waals surface area contributed by atoms with Crippen LogP contribution < -0.4 is 9.30 Å². The van der Waals surface area contributed by atoms with E-state index in [0.717, 1.165) is 28.9 Å². The molecular formula is C26H27N2O+. The highest BCUT2D eigenvalue weighted by Gasteiger charge is 2.32. The SMILES string of the molecule is Cc1c2c(c(C)c3ccncc13)-c1c3c(cc(CC(C)(C)C)cc3cc[n+]1C)O2. The van der Waals surface area contributed by atoms with Crippen LogP contribution in [-0.4, -0.2) is 4.98 Å². The molecule has 1 aliphatic rings. The maximum Gasteiger partial charge on any atom is 0.228 e. The Hall–Kier alpha value is -2.94. The van der Waals surface area contributed by atoms with Gasteiger partial charge in [-0.1, -0.05) is 26.8 Å². The van der Waals surface area contributed by atoms with Crippen molar-refractivity contribution in [3.8, 4) is 22.8 Å². The number of pyridine rings is 2. The molecule has 1 aliphatic heterocycles. The molecule has 0 radical (unpaired) electrons. The summed E-state index contributed by atoms with van der Waals surface area (Å²) in [6, 6.07) is 8.88. The van der Waals surface area contributed by atoms with Crippen molar-refractivity contribution < 1.29 is 9.30 Å². The average Bonchev–Trinajstić information content (AvgIpc) is 2.66. The number of ether oxygens (including phenoxy) is 1. The molecule has 5 rings (SSSR count). The van der Waals surface area contributed by atoms with Crippen LogP contribution in [0.25, 0.3) is 32.8 Å². The normalized spacial score (nSPS) is 12.9. The first-order valence-electron chi connectivity index (χ1n) is 10.2. The summed E-state index contributed by atoms with van der Waals surface area (Å²) >= 11 is 0. The molecule has 2 aromatic heterocycles. The molecule has 3 nitrogen and oxygen atoms in total. The van der Waals surface area contributed by atoms with Crippen LogP contribution >= 0.6 is 0 Å². The zero-order chi connectivity index (χ0) is 20.5. The smallest absolute Gasteiger partial charge is 0.228 e. The minimum atomic E-state index is 0.226. The van der Waals surface area contributed by atoms with Crippen molar-refractivity contribution in [1.82, 2.24) is 4.98 Å². The molecule has 3 heterocycles. The molecule has 146 valence electrons. The van der Waals surface area contributed by atoms with Gasteiger partial charge in [-0.25, -0.2) is 4.57 Å². The molecule has 0 fully saturated rings. The Morgan fingerprint density at radius 1 is 1.03 bits per heavy atom. The van der Waals surface area contributed by atoms with Gasteiger partial charge in [-0.05, 0) is 59.7 Å². The van der Waals surface area contributed by atoms with Crippen molar-refractivity contribution in [3.05, 3.63) is 59.5 Å². The van der Waals surface area contributed by atoms with Crippen LogP contribution in [0.2, 0.25) is 0 Å². The third kappa shape index (κ3) is 2.71. The van der Waals surface area contributed by atoms with Crippen LogP contribution in [0.5, 0.6) is 11.5 Å². The lowest BCUT2D eigenvalue weighted by Gasteiger charge is -2.25. The van der Waals surface area contributed by atoms with Gasteiger partial charge in [0.05, 0.1) is 10.9 Å². The van der Waals surface area contributed by atoms with Gasteiger partial charge in [-0.2, -0.15) is 0 Å². The van der Waals surface area contributed by atoms with Crippen LogP contribution in [0, 0.1) is 19.3 Å². The Balaban J connectivity index is 1.89. The Labute approximate surface area is 172 Å². The predicted molar refractivity (Wildman–Crippen MR) is 119 cm³/mol. The van der Waals surface area contributed by atoms with E-state index in [-0.39, 0.29) is 5.41 Å². The number of hydrogen-bond acceptors (Lipinski definition) is 2. The zero-order valence-corrected chi connectivity index (χ0v) is 18.1. The average molecular weight is 384 g/mol.